The SMILES string of the molecule is CO[C@@]12C[C@H]3[C@H]4C[C@H]5[C@@H](C(=NNc6ccc([N+](=O)[O-])cc6[N+](=O)[O-])[C@H]1[C@H]35)[C@@H]42. The van der Waals surface area contributed by atoms with Gasteiger partial charge >= 0.3 is 5.69 Å². The van der Waals surface area contributed by atoms with Gasteiger partial charge in [0.1, 0.15) is 5.69 Å². The molecule has 140 valence electrons. The Morgan fingerprint density at radius 2 is 2.04 bits per heavy atom. The van der Waals surface area contributed by atoms with E-state index in [0.29, 0.717) is 29.6 Å². The quantitative estimate of drug-likeness (QED) is 0.628. The molecule has 9 nitrogen and oxygen atoms in total. The summed E-state index contributed by atoms with van der Waals surface area (Å²) >= 11 is 0. The molecule has 6 fully saturated rings. The summed E-state index contributed by atoms with van der Waals surface area (Å²) in [7, 11) is 1.81. The molecule has 6 saturated carbocycles. The summed E-state index contributed by atoms with van der Waals surface area (Å²) < 4.78 is 6.07. The van der Waals surface area contributed by atoms with Crippen molar-refractivity contribution in [1.82, 2.24) is 0 Å². The van der Waals surface area contributed by atoms with Crippen LogP contribution in [0.1, 0.15) is 12.8 Å². The molecule has 6 aliphatic rings. The van der Waals surface area contributed by atoms with Crippen LogP contribution in [0.3, 0.4) is 0 Å². The lowest BCUT2D eigenvalue weighted by molar-refractivity contribution is -0.393. The van der Waals surface area contributed by atoms with Crippen LogP contribution in [0.4, 0.5) is 17.1 Å². The first-order valence-electron chi connectivity index (χ1n) is 9.29. The molecule has 0 radical (unpaired) electrons. The van der Waals surface area contributed by atoms with Gasteiger partial charge in [0.2, 0.25) is 0 Å². The molecule has 0 amide bonds. The molecule has 27 heavy (non-hydrogen) atoms. The summed E-state index contributed by atoms with van der Waals surface area (Å²) in [5, 5.41) is 26.9. The predicted molar refractivity (Wildman–Crippen MR) is 94.2 cm³/mol. The number of hydrogen-bond acceptors (Lipinski definition) is 7. The van der Waals surface area contributed by atoms with Gasteiger partial charge in [0.05, 0.1) is 21.5 Å². The first kappa shape index (κ1) is 15.5. The fourth-order valence-corrected chi connectivity index (χ4v) is 7.75. The summed E-state index contributed by atoms with van der Waals surface area (Å²) in [4.78, 5) is 21.0. The van der Waals surface area contributed by atoms with Gasteiger partial charge in [-0.05, 0) is 42.6 Å². The van der Waals surface area contributed by atoms with Crippen molar-refractivity contribution in [3.8, 4) is 0 Å². The lowest BCUT2D eigenvalue weighted by Crippen LogP contribution is -2.45. The maximum atomic E-state index is 11.3. The molecule has 0 saturated heterocycles. The van der Waals surface area contributed by atoms with Crippen LogP contribution in [0.5, 0.6) is 0 Å². The summed E-state index contributed by atoms with van der Waals surface area (Å²) in [5.41, 5.74) is 3.42. The Morgan fingerprint density at radius 1 is 1.22 bits per heavy atom. The molecule has 0 aliphatic heterocycles. The van der Waals surface area contributed by atoms with Crippen LogP contribution in [-0.4, -0.2) is 28.3 Å². The third-order valence-electron chi connectivity index (χ3n) is 8.16. The number of rotatable bonds is 5. The van der Waals surface area contributed by atoms with Gasteiger partial charge in [0.25, 0.3) is 5.69 Å². The van der Waals surface area contributed by atoms with Crippen LogP contribution >= 0.6 is 0 Å². The van der Waals surface area contributed by atoms with Gasteiger partial charge in [-0.2, -0.15) is 5.10 Å². The monoisotopic (exact) mass is 370 g/mol. The lowest BCUT2D eigenvalue weighted by atomic mass is 9.69. The number of benzene rings is 1. The number of anilines is 1. The molecule has 6 aliphatic carbocycles. The van der Waals surface area contributed by atoms with E-state index in [4.69, 9.17) is 4.74 Å². The summed E-state index contributed by atoms with van der Waals surface area (Å²) in [6, 6.07) is 3.59. The van der Waals surface area contributed by atoms with E-state index in [2.05, 4.69) is 10.5 Å². The number of hydrogen-bond donors (Lipinski definition) is 1. The highest BCUT2D eigenvalue weighted by Crippen LogP contribution is 2.83. The van der Waals surface area contributed by atoms with E-state index in [1.807, 2.05) is 7.11 Å². The number of methoxy groups -OCH3 is 1. The first-order chi connectivity index (χ1) is 13.0. The molecule has 8 atom stereocenters. The second kappa shape index (κ2) is 4.64. The molecular formula is C18H18N4O5. The fourth-order valence-electron chi connectivity index (χ4n) is 7.75. The van der Waals surface area contributed by atoms with Crippen LogP contribution in [0.2, 0.25) is 0 Å². The van der Waals surface area contributed by atoms with Crippen molar-refractivity contribution in [2.45, 2.75) is 18.4 Å². The summed E-state index contributed by atoms with van der Waals surface area (Å²) in [5.74, 6) is 4.12. The maximum absolute atomic E-state index is 11.3. The minimum atomic E-state index is -0.639. The molecule has 9 heteroatoms. The largest absolute Gasteiger partial charge is 0.377 e. The van der Waals surface area contributed by atoms with Crippen molar-refractivity contribution in [2.75, 3.05) is 12.5 Å². The number of hydrazone groups is 1. The fraction of sp³-hybridized carbons (Fsp3) is 0.611. The normalized spacial score (nSPS) is 45.5. The first-order valence-corrected chi connectivity index (χ1v) is 9.29. The third kappa shape index (κ3) is 1.55. The highest BCUT2D eigenvalue weighted by atomic mass is 16.6. The van der Waals surface area contributed by atoms with E-state index in [9.17, 15) is 20.2 Å². The summed E-state index contributed by atoms with van der Waals surface area (Å²) in [6.45, 7) is 0. The number of nitrogens with zero attached hydrogens (tertiary/aromatic N) is 3. The van der Waals surface area contributed by atoms with Crippen molar-refractivity contribution < 1.29 is 14.6 Å². The average molecular weight is 370 g/mol. The predicted octanol–water partition coefficient (Wildman–Crippen LogP) is 2.82. The molecule has 0 heterocycles. The van der Waals surface area contributed by atoms with Gasteiger partial charge < -0.3 is 4.74 Å². The molecule has 1 aromatic rings. The topological polar surface area (TPSA) is 120 Å². The van der Waals surface area contributed by atoms with E-state index in [1.165, 1.54) is 18.6 Å². The number of nitro groups is 2. The van der Waals surface area contributed by atoms with Crippen molar-refractivity contribution in [2.24, 2.45) is 46.5 Å². The average Bonchev–Trinajstić information content (AvgIpc) is 3.38. The zero-order valence-electron chi connectivity index (χ0n) is 14.6. The molecule has 7 rings (SSSR count). The molecule has 1 N–H and O–H groups in total. The van der Waals surface area contributed by atoms with Gasteiger partial charge in [0.15, 0.2) is 0 Å². The molecule has 0 unspecified atom stereocenters. The zero-order valence-corrected chi connectivity index (χ0v) is 14.6. The minimum Gasteiger partial charge on any atom is -0.377 e. The maximum Gasteiger partial charge on any atom is 0.301 e. The van der Waals surface area contributed by atoms with Crippen molar-refractivity contribution in [3.63, 3.8) is 0 Å². The highest BCUT2D eigenvalue weighted by Gasteiger charge is 2.86. The van der Waals surface area contributed by atoms with Crippen LogP contribution in [0.15, 0.2) is 23.3 Å². The standard InChI is InChI=1S/C18H18N4O5/c1-27-18-6-10-8-5-9-13(10)16(18)17(14(9)15(8)18)20-19-11-3-2-7(21(23)24)4-12(11)22(25)26/h2-4,8-10,13-16,19H,5-6H2,1H3/t8-,9-,10+,13+,14-,15-,16-,18-/m1/s1. The van der Waals surface area contributed by atoms with E-state index >= 15 is 0 Å². The van der Waals surface area contributed by atoms with E-state index in [-0.39, 0.29) is 22.7 Å². The van der Waals surface area contributed by atoms with E-state index in [1.54, 1.807) is 0 Å². The van der Waals surface area contributed by atoms with Gasteiger partial charge in [0, 0.05) is 36.6 Å². The smallest absolute Gasteiger partial charge is 0.301 e. The number of nitro benzene ring substituents is 2. The van der Waals surface area contributed by atoms with Crippen LogP contribution in [0, 0.1) is 61.7 Å². The molecule has 0 spiro atoms. The highest BCUT2D eigenvalue weighted by molar-refractivity contribution is 5.98. The molecule has 6 bridgehead atoms. The van der Waals surface area contributed by atoms with Crippen molar-refractivity contribution in [1.29, 1.82) is 0 Å². The van der Waals surface area contributed by atoms with Gasteiger partial charge in [-0.25, -0.2) is 0 Å². The van der Waals surface area contributed by atoms with Gasteiger partial charge in [-0.15, -0.1) is 0 Å². The van der Waals surface area contributed by atoms with Crippen LogP contribution in [-0.2, 0) is 4.74 Å². The zero-order chi connectivity index (χ0) is 18.7. The van der Waals surface area contributed by atoms with Gasteiger partial charge in [-0.3, -0.25) is 25.7 Å². The Morgan fingerprint density at radius 3 is 2.74 bits per heavy atom. The van der Waals surface area contributed by atoms with Crippen LogP contribution < -0.4 is 5.43 Å². The minimum absolute atomic E-state index is 0.0837. The van der Waals surface area contributed by atoms with E-state index in [0.717, 1.165) is 30.0 Å². The Kier molecular flexibility index (Phi) is 2.67. The van der Waals surface area contributed by atoms with Gasteiger partial charge in [-0.1, -0.05) is 0 Å². The molecular weight excluding hydrogens is 352 g/mol. The van der Waals surface area contributed by atoms with Crippen molar-refractivity contribution in [3.05, 3.63) is 38.4 Å². The molecule has 0 aromatic heterocycles. The van der Waals surface area contributed by atoms with Crippen LogP contribution in [0.25, 0.3) is 0 Å². The van der Waals surface area contributed by atoms with E-state index < -0.39 is 9.85 Å². The second-order valence-electron chi connectivity index (χ2n) is 8.56. The Bertz CT molecular complexity index is 948. The third-order valence-corrected chi connectivity index (χ3v) is 8.16. The second-order valence-corrected chi connectivity index (χ2v) is 8.56. The number of non-ortho nitro benzene ring substituents is 1. The Labute approximate surface area is 154 Å². The number of nitrogens with one attached hydrogen (secondary N) is 1. The number of ether oxygens (including phenoxy) is 1. The van der Waals surface area contributed by atoms with Crippen molar-refractivity contribution >= 4 is 22.8 Å². The molecule has 1 aromatic carbocycles. The summed E-state index contributed by atoms with van der Waals surface area (Å²) in [6.07, 6.45) is 2.39. The Balaban J connectivity index is 1.37. The Hall–Kier alpha value is -2.55. The lowest BCUT2D eigenvalue weighted by Gasteiger charge is -2.40.